The highest BCUT2D eigenvalue weighted by Crippen LogP contribution is 2.31. The van der Waals surface area contributed by atoms with Crippen LogP contribution in [0.4, 0.5) is 5.69 Å². The first-order chi connectivity index (χ1) is 13.6. The number of halogens is 1. The molecule has 0 aliphatic heterocycles. The molecule has 148 valence electrons. The highest BCUT2D eigenvalue weighted by molar-refractivity contribution is 8.13. The summed E-state index contributed by atoms with van der Waals surface area (Å²) >= 11 is 0. The second-order valence-electron chi connectivity index (χ2n) is 6.39. The zero-order chi connectivity index (χ0) is 20.8. The number of aromatic hydroxyl groups is 1. The van der Waals surface area contributed by atoms with E-state index in [9.17, 15) is 21.9 Å². The van der Waals surface area contributed by atoms with Crippen LogP contribution in [0.25, 0.3) is 21.5 Å². The van der Waals surface area contributed by atoms with Crippen molar-refractivity contribution in [3.05, 3.63) is 72.8 Å². The second kappa shape index (κ2) is 6.91. The molecular formula is C20H14ClNO5S2. The van der Waals surface area contributed by atoms with Crippen molar-refractivity contribution in [2.45, 2.75) is 9.79 Å². The highest BCUT2D eigenvalue weighted by Gasteiger charge is 2.17. The third kappa shape index (κ3) is 3.74. The number of hydrogen-bond acceptors (Lipinski definition) is 5. The van der Waals surface area contributed by atoms with Gasteiger partial charge in [-0.05, 0) is 47.2 Å². The van der Waals surface area contributed by atoms with Gasteiger partial charge in [-0.25, -0.2) is 16.8 Å². The van der Waals surface area contributed by atoms with Gasteiger partial charge in [-0.1, -0.05) is 36.4 Å². The van der Waals surface area contributed by atoms with Gasteiger partial charge in [-0.3, -0.25) is 4.72 Å². The molecule has 0 atom stereocenters. The number of hydrogen-bond donors (Lipinski definition) is 2. The summed E-state index contributed by atoms with van der Waals surface area (Å²) in [4.78, 5) is -0.0420. The summed E-state index contributed by atoms with van der Waals surface area (Å²) < 4.78 is 51.3. The number of nitrogens with one attached hydrogen (secondary N) is 1. The third-order valence-electron chi connectivity index (χ3n) is 4.52. The van der Waals surface area contributed by atoms with Crippen LogP contribution in [0, 0.1) is 0 Å². The Labute approximate surface area is 171 Å². The lowest BCUT2D eigenvalue weighted by Gasteiger charge is -2.12. The number of sulfonamides is 1. The first-order valence-electron chi connectivity index (χ1n) is 8.37. The highest BCUT2D eigenvalue weighted by atomic mass is 35.7. The van der Waals surface area contributed by atoms with Gasteiger partial charge >= 0.3 is 0 Å². The van der Waals surface area contributed by atoms with Crippen molar-refractivity contribution in [2.75, 3.05) is 4.72 Å². The minimum Gasteiger partial charge on any atom is -0.507 e. The molecule has 0 aliphatic carbocycles. The van der Waals surface area contributed by atoms with Crippen molar-refractivity contribution in [1.82, 2.24) is 0 Å². The average Bonchev–Trinajstić information content (AvgIpc) is 2.67. The molecule has 0 spiro atoms. The fourth-order valence-electron chi connectivity index (χ4n) is 3.11. The molecule has 0 heterocycles. The van der Waals surface area contributed by atoms with Crippen LogP contribution in [0.15, 0.2) is 82.6 Å². The van der Waals surface area contributed by atoms with Crippen LogP contribution in [-0.4, -0.2) is 21.9 Å². The molecule has 0 saturated carbocycles. The molecule has 0 amide bonds. The summed E-state index contributed by atoms with van der Waals surface area (Å²) in [5.41, 5.74) is 0.335. The Kier molecular flexibility index (Phi) is 4.65. The van der Waals surface area contributed by atoms with Gasteiger partial charge in [-0.2, -0.15) is 0 Å². The first kappa shape index (κ1) is 19.5. The van der Waals surface area contributed by atoms with Gasteiger partial charge in [0.15, 0.2) is 0 Å². The average molecular weight is 448 g/mol. The van der Waals surface area contributed by atoms with E-state index in [1.54, 1.807) is 30.3 Å². The largest absolute Gasteiger partial charge is 0.507 e. The van der Waals surface area contributed by atoms with Gasteiger partial charge in [0.2, 0.25) is 0 Å². The predicted molar refractivity (Wildman–Crippen MR) is 113 cm³/mol. The van der Waals surface area contributed by atoms with E-state index in [1.165, 1.54) is 42.5 Å². The molecule has 4 aromatic carbocycles. The van der Waals surface area contributed by atoms with Crippen molar-refractivity contribution in [3.63, 3.8) is 0 Å². The van der Waals surface area contributed by atoms with E-state index < -0.39 is 19.1 Å². The van der Waals surface area contributed by atoms with Crippen molar-refractivity contribution in [3.8, 4) is 5.75 Å². The van der Waals surface area contributed by atoms with E-state index in [0.717, 1.165) is 0 Å². The van der Waals surface area contributed by atoms with E-state index in [0.29, 0.717) is 27.2 Å². The third-order valence-corrected chi connectivity index (χ3v) is 7.23. The first-order valence-corrected chi connectivity index (χ1v) is 12.2. The van der Waals surface area contributed by atoms with Gasteiger partial charge in [0.25, 0.3) is 19.1 Å². The number of fused-ring (bicyclic) bond motifs is 2. The number of phenolic OH excluding ortho intramolecular Hbond substituents is 1. The van der Waals surface area contributed by atoms with Crippen LogP contribution in [0.2, 0.25) is 0 Å². The molecule has 4 rings (SSSR count). The number of rotatable bonds is 4. The lowest BCUT2D eigenvalue weighted by Crippen LogP contribution is -2.13. The van der Waals surface area contributed by atoms with Crippen LogP contribution in [-0.2, 0) is 19.1 Å². The molecule has 4 aromatic rings. The Morgan fingerprint density at radius 1 is 0.724 bits per heavy atom. The van der Waals surface area contributed by atoms with Crippen LogP contribution in [0.3, 0.4) is 0 Å². The fraction of sp³-hybridized carbons (Fsp3) is 0. The Balaban J connectivity index is 1.76. The normalized spacial score (nSPS) is 12.3. The van der Waals surface area contributed by atoms with Crippen LogP contribution >= 0.6 is 10.7 Å². The fourth-order valence-corrected chi connectivity index (χ4v) is 5.01. The lowest BCUT2D eigenvalue weighted by molar-refractivity contribution is 0.481. The molecule has 0 saturated heterocycles. The molecule has 0 unspecified atom stereocenters. The monoisotopic (exact) mass is 447 g/mol. The number of benzene rings is 4. The second-order valence-corrected chi connectivity index (χ2v) is 10.6. The Hall–Kier alpha value is -2.81. The van der Waals surface area contributed by atoms with Gasteiger partial charge in [0.1, 0.15) is 5.75 Å². The van der Waals surface area contributed by atoms with Gasteiger partial charge < -0.3 is 5.11 Å². The maximum atomic E-state index is 12.9. The van der Waals surface area contributed by atoms with E-state index >= 15 is 0 Å². The molecule has 29 heavy (non-hydrogen) atoms. The van der Waals surface area contributed by atoms with Crippen molar-refractivity contribution in [2.24, 2.45) is 0 Å². The molecule has 0 aliphatic rings. The lowest BCUT2D eigenvalue weighted by atomic mass is 10.1. The maximum absolute atomic E-state index is 12.9. The minimum atomic E-state index is -3.92. The molecule has 9 heteroatoms. The number of anilines is 1. The molecule has 0 bridgehead atoms. The van der Waals surface area contributed by atoms with Crippen LogP contribution in [0.1, 0.15) is 0 Å². The molecule has 6 nitrogen and oxygen atoms in total. The van der Waals surface area contributed by atoms with Gasteiger partial charge in [0, 0.05) is 21.5 Å². The quantitative estimate of drug-likeness (QED) is 0.451. The Morgan fingerprint density at radius 2 is 1.31 bits per heavy atom. The molecule has 0 aromatic heterocycles. The van der Waals surface area contributed by atoms with Crippen LogP contribution in [0.5, 0.6) is 5.75 Å². The van der Waals surface area contributed by atoms with Crippen molar-refractivity contribution < 1.29 is 21.9 Å². The minimum absolute atomic E-state index is 0.0173. The molecule has 0 fully saturated rings. The van der Waals surface area contributed by atoms with Gasteiger partial charge in [-0.15, -0.1) is 0 Å². The number of phenols is 1. The summed E-state index contributed by atoms with van der Waals surface area (Å²) in [5.74, 6) is 0.0549. The standard InChI is InChI=1S/C20H14ClNO5S2/c21-28(24,25)15-9-7-14-12-16(10-8-13(14)11-15)29(26,27)22-19-5-1-4-18-17(19)3-2-6-20(18)23/h1-12,22-23H. The SMILES string of the molecule is O=S(=O)(Cl)c1ccc2cc(S(=O)(=O)Nc3cccc4c(O)cccc34)ccc2c1. The molecule has 0 radical (unpaired) electrons. The predicted octanol–water partition coefficient (Wildman–Crippen LogP) is 4.43. The van der Waals surface area contributed by atoms with E-state index in [2.05, 4.69) is 4.72 Å². The summed E-state index contributed by atoms with van der Waals surface area (Å²) in [6.07, 6.45) is 0. The van der Waals surface area contributed by atoms with Crippen molar-refractivity contribution in [1.29, 1.82) is 0 Å². The summed E-state index contributed by atoms with van der Waals surface area (Å²) in [7, 11) is -2.44. The summed E-state index contributed by atoms with van der Waals surface area (Å²) in [6, 6.07) is 18.4. The van der Waals surface area contributed by atoms with Crippen molar-refractivity contribution >= 4 is 57.0 Å². The Bertz CT molecular complexity index is 1480. The summed E-state index contributed by atoms with van der Waals surface area (Å²) in [5, 5.41) is 12.2. The van der Waals surface area contributed by atoms with E-state index in [1.807, 2.05) is 0 Å². The zero-order valence-corrected chi connectivity index (χ0v) is 17.1. The molecular weight excluding hydrogens is 434 g/mol. The van der Waals surface area contributed by atoms with E-state index in [-0.39, 0.29) is 15.5 Å². The van der Waals surface area contributed by atoms with E-state index in [4.69, 9.17) is 10.7 Å². The summed E-state index contributed by atoms with van der Waals surface area (Å²) in [6.45, 7) is 0. The zero-order valence-electron chi connectivity index (χ0n) is 14.7. The molecule has 2 N–H and O–H groups in total. The topological polar surface area (TPSA) is 101 Å². The smallest absolute Gasteiger partial charge is 0.261 e. The Morgan fingerprint density at radius 3 is 2.00 bits per heavy atom. The van der Waals surface area contributed by atoms with Gasteiger partial charge in [0.05, 0.1) is 15.5 Å². The maximum Gasteiger partial charge on any atom is 0.261 e. The van der Waals surface area contributed by atoms with Crippen LogP contribution < -0.4 is 4.72 Å².